The summed E-state index contributed by atoms with van der Waals surface area (Å²) >= 11 is 0. The van der Waals surface area contributed by atoms with Crippen LogP contribution in [0.3, 0.4) is 0 Å². The number of aliphatic carboxylic acids is 1. The number of ether oxygens (including phenoxy) is 2. The SMILES string of the molecule is CCOC1(C(=O)O)CN(S(=O)(=O)c2ccc(F)c(OC)c2)C1. The Kier molecular flexibility index (Phi) is 4.41. The van der Waals surface area contributed by atoms with Gasteiger partial charge in [0.25, 0.3) is 0 Å². The first-order valence-electron chi connectivity index (χ1n) is 6.48. The largest absolute Gasteiger partial charge is 0.494 e. The van der Waals surface area contributed by atoms with E-state index in [1.165, 1.54) is 7.11 Å². The molecule has 0 radical (unpaired) electrons. The van der Waals surface area contributed by atoms with E-state index in [4.69, 9.17) is 9.47 Å². The molecule has 1 aliphatic rings. The van der Waals surface area contributed by atoms with Gasteiger partial charge in [-0.25, -0.2) is 17.6 Å². The number of sulfonamides is 1. The Morgan fingerprint density at radius 1 is 1.45 bits per heavy atom. The Morgan fingerprint density at radius 3 is 2.59 bits per heavy atom. The summed E-state index contributed by atoms with van der Waals surface area (Å²) in [7, 11) is -2.71. The lowest BCUT2D eigenvalue weighted by Gasteiger charge is -2.45. The van der Waals surface area contributed by atoms with Gasteiger partial charge in [0.05, 0.1) is 25.1 Å². The van der Waals surface area contributed by atoms with Crippen LogP contribution in [0, 0.1) is 5.82 Å². The predicted molar refractivity (Wildman–Crippen MR) is 73.7 cm³/mol. The smallest absolute Gasteiger partial charge is 0.338 e. The lowest BCUT2D eigenvalue weighted by atomic mass is 9.97. The van der Waals surface area contributed by atoms with Crippen molar-refractivity contribution in [2.45, 2.75) is 17.4 Å². The van der Waals surface area contributed by atoms with E-state index in [0.717, 1.165) is 22.5 Å². The molecule has 9 heteroatoms. The zero-order valence-corrected chi connectivity index (χ0v) is 12.9. The minimum absolute atomic E-state index is 0.157. The second-order valence-electron chi connectivity index (χ2n) is 4.80. The van der Waals surface area contributed by atoms with E-state index in [-0.39, 0.29) is 30.3 Å². The van der Waals surface area contributed by atoms with Crippen LogP contribution in [0.25, 0.3) is 0 Å². The van der Waals surface area contributed by atoms with Crippen LogP contribution >= 0.6 is 0 Å². The second-order valence-corrected chi connectivity index (χ2v) is 6.74. The molecule has 0 aromatic heterocycles. The Balaban J connectivity index is 2.25. The first kappa shape index (κ1) is 16.7. The summed E-state index contributed by atoms with van der Waals surface area (Å²) in [6.45, 7) is 1.20. The zero-order valence-electron chi connectivity index (χ0n) is 12.1. The number of carboxylic acid groups (broad SMARTS) is 1. The molecule has 0 atom stereocenters. The fourth-order valence-corrected chi connectivity index (χ4v) is 3.76. The third kappa shape index (κ3) is 2.67. The number of hydrogen-bond acceptors (Lipinski definition) is 5. The number of carbonyl (C=O) groups is 1. The fourth-order valence-electron chi connectivity index (χ4n) is 2.21. The monoisotopic (exact) mass is 333 g/mol. The summed E-state index contributed by atoms with van der Waals surface area (Å²) in [6, 6.07) is 3.15. The molecule has 7 nitrogen and oxygen atoms in total. The van der Waals surface area contributed by atoms with Gasteiger partial charge in [-0.05, 0) is 19.1 Å². The van der Waals surface area contributed by atoms with Gasteiger partial charge in [-0.2, -0.15) is 4.31 Å². The summed E-state index contributed by atoms with van der Waals surface area (Å²) in [5.74, 6) is -2.09. The molecule has 0 unspecified atom stereocenters. The van der Waals surface area contributed by atoms with Gasteiger partial charge in [0.1, 0.15) is 0 Å². The lowest BCUT2D eigenvalue weighted by molar-refractivity contribution is -0.181. The minimum atomic E-state index is -3.93. The molecular weight excluding hydrogens is 317 g/mol. The highest BCUT2D eigenvalue weighted by molar-refractivity contribution is 7.89. The van der Waals surface area contributed by atoms with E-state index in [1.54, 1.807) is 6.92 Å². The molecule has 0 spiro atoms. The van der Waals surface area contributed by atoms with Crippen molar-refractivity contribution in [3.05, 3.63) is 24.0 Å². The number of methoxy groups -OCH3 is 1. The normalized spacial score (nSPS) is 17.8. The summed E-state index contributed by atoms with van der Waals surface area (Å²) in [6.07, 6.45) is 0. The Bertz CT molecular complexity index is 684. The second kappa shape index (κ2) is 5.82. The minimum Gasteiger partial charge on any atom is -0.494 e. The van der Waals surface area contributed by atoms with E-state index in [1.807, 2.05) is 0 Å². The van der Waals surface area contributed by atoms with E-state index < -0.39 is 27.4 Å². The third-order valence-corrected chi connectivity index (χ3v) is 5.22. The topological polar surface area (TPSA) is 93.1 Å². The fraction of sp³-hybridized carbons (Fsp3) is 0.462. The lowest BCUT2D eigenvalue weighted by Crippen LogP contribution is -2.68. The van der Waals surface area contributed by atoms with Crippen LogP contribution in [-0.4, -0.2) is 56.2 Å². The summed E-state index contributed by atoms with van der Waals surface area (Å²) in [5.41, 5.74) is -1.52. The molecule has 1 aromatic rings. The zero-order chi connectivity index (χ0) is 16.5. The molecule has 1 fully saturated rings. The van der Waals surface area contributed by atoms with Crippen molar-refractivity contribution in [2.75, 3.05) is 26.8 Å². The van der Waals surface area contributed by atoms with Crippen molar-refractivity contribution in [2.24, 2.45) is 0 Å². The average molecular weight is 333 g/mol. The van der Waals surface area contributed by atoms with Gasteiger partial charge in [0.2, 0.25) is 10.0 Å². The molecule has 0 saturated carbocycles. The molecule has 0 bridgehead atoms. The van der Waals surface area contributed by atoms with Crippen molar-refractivity contribution in [1.82, 2.24) is 4.31 Å². The van der Waals surface area contributed by atoms with E-state index in [2.05, 4.69) is 0 Å². The standard InChI is InChI=1S/C13H16FNO6S/c1-3-21-13(12(16)17)7-15(8-13)22(18,19)9-4-5-10(14)11(6-9)20-2/h4-6H,3,7-8H2,1-2H3,(H,16,17). The third-order valence-electron chi connectivity index (χ3n) is 3.43. The van der Waals surface area contributed by atoms with E-state index in [9.17, 15) is 22.7 Å². The molecule has 1 N–H and O–H groups in total. The molecule has 122 valence electrons. The van der Waals surface area contributed by atoms with Crippen LogP contribution < -0.4 is 4.74 Å². The highest BCUT2D eigenvalue weighted by atomic mass is 32.2. The van der Waals surface area contributed by atoms with Crippen LogP contribution in [0.2, 0.25) is 0 Å². The van der Waals surface area contributed by atoms with Gasteiger partial charge in [0.15, 0.2) is 17.2 Å². The molecule has 1 aliphatic heterocycles. The Labute approximate surface area is 127 Å². The van der Waals surface area contributed by atoms with Gasteiger partial charge in [0, 0.05) is 12.7 Å². The molecule has 0 aliphatic carbocycles. The quantitative estimate of drug-likeness (QED) is 0.824. The van der Waals surface area contributed by atoms with E-state index >= 15 is 0 Å². The molecule has 1 aromatic carbocycles. The summed E-state index contributed by atoms with van der Waals surface area (Å²) < 4.78 is 49.1. The van der Waals surface area contributed by atoms with Crippen LogP contribution in [-0.2, 0) is 19.6 Å². The highest BCUT2D eigenvalue weighted by Gasteiger charge is 2.55. The number of nitrogens with zero attached hydrogens (tertiary/aromatic N) is 1. The molecule has 2 rings (SSSR count). The van der Waals surface area contributed by atoms with Gasteiger partial charge in [-0.1, -0.05) is 0 Å². The first-order valence-corrected chi connectivity index (χ1v) is 7.92. The van der Waals surface area contributed by atoms with Crippen LogP contribution in [0.15, 0.2) is 23.1 Å². The molecule has 1 heterocycles. The van der Waals surface area contributed by atoms with Crippen molar-refractivity contribution < 1.29 is 32.2 Å². The number of hydrogen-bond donors (Lipinski definition) is 1. The number of rotatable bonds is 6. The number of halogens is 1. The van der Waals surface area contributed by atoms with Crippen molar-refractivity contribution in [3.8, 4) is 5.75 Å². The van der Waals surface area contributed by atoms with Gasteiger partial charge >= 0.3 is 5.97 Å². The Hall–Kier alpha value is -1.71. The summed E-state index contributed by atoms with van der Waals surface area (Å²) in [5, 5.41) is 9.17. The average Bonchev–Trinajstić information content (AvgIpc) is 2.41. The number of carboxylic acids is 1. The first-order chi connectivity index (χ1) is 10.3. The van der Waals surface area contributed by atoms with Crippen LogP contribution in [0.5, 0.6) is 5.75 Å². The highest BCUT2D eigenvalue weighted by Crippen LogP contribution is 2.32. The molecular formula is C13H16FNO6S. The maximum atomic E-state index is 13.4. The maximum Gasteiger partial charge on any atom is 0.338 e. The Morgan fingerprint density at radius 2 is 2.09 bits per heavy atom. The van der Waals surface area contributed by atoms with Crippen LogP contribution in [0.4, 0.5) is 4.39 Å². The maximum absolute atomic E-state index is 13.4. The van der Waals surface area contributed by atoms with Crippen molar-refractivity contribution in [1.29, 1.82) is 0 Å². The number of benzene rings is 1. The van der Waals surface area contributed by atoms with Gasteiger partial charge < -0.3 is 14.6 Å². The van der Waals surface area contributed by atoms with Gasteiger partial charge in [-0.3, -0.25) is 0 Å². The summed E-state index contributed by atoms with van der Waals surface area (Å²) in [4.78, 5) is 11.1. The predicted octanol–water partition coefficient (Wildman–Crippen LogP) is 0.698. The molecule has 22 heavy (non-hydrogen) atoms. The van der Waals surface area contributed by atoms with Gasteiger partial charge in [-0.15, -0.1) is 0 Å². The van der Waals surface area contributed by atoms with E-state index in [0.29, 0.717) is 0 Å². The molecule has 1 saturated heterocycles. The molecule has 0 amide bonds. The van der Waals surface area contributed by atoms with Crippen LogP contribution in [0.1, 0.15) is 6.92 Å². The van der Waals surface area contributed by atoms with Crippen molar-refractivity contribution in [3.63, 3.8) is 0 Å². The van der Waals surface area contributed by atoms with Crippen molar-refractivity contribution >= 4 is 16.0 Å².